The lowest BCUT2D eigenvalue weighted by Gasteiger charge is -2.27. The van der Waals surface area contributed by atoms with Crippen molar-refractivity contribution in [2.24, 2.45) is 11.8 Å². The molecule has 0 unspecified atom stereocenters. The summed E-state index contributed by atoms with van der Waals surface area (Å²) in [5.41, 5.74) is 0. The van der Waals surface area contributed by atoms with Crippen LogP contribution >= 0.6 is 0 Å². The van der Waals surface area contributed by atoms with Crippen LogP contribution in [-0.4, -0.2) is 25.2 Å². The van der Waals surface area contributed by atoms with E-state index in [2.05, 4.69) is 5.32 Å². The number of carbonyl (C=O) groups excluding carboxylic acids is 1. The molecule has 3 heteroatoms. The maximum Gasteiger partial charge on any atom is 0.310 e. The molecule has 0 spiro atoms. The average molecular weight is 183 g/mol. The minimum absolute atomic E-state index is 0.000324. The monoisotopic (exact) mass is 183 g/mol. The van der Waals surface area contributed by atoms with Crippen molar-refractivity contribution in [3.8, 4) is 0 Å². The van der Waals surface area contributed by atoms with Crippen molar-refractivity contribution in [1.82, 2.24) is 5.32 Å². The van der Waals surface area contributed by atoms with Crippen LogP contribution in [0.3, 0.4) is 0 Å². The van der Waals surface area contributed by atoms with Crippen LogP contribution in [0.25, 0.3) is 0 Å². The molecular formula is C10H17NO2. The van der Waals surface area contributed by atoms with Crippen LogP contribution in [0, 0.1) is 11.8 Å². The fourth-order valence-corrected chi connectivity index (χ4v) is 2.55. The lowest BCUT2D eigenvalue weighted by molar-refractivity contribution is -0.150. The van der Waals surface area contributed by atoms with E-state index in [1.54, 1.807) is 0 Å². The minimum Gasteiger partial charge on any atom is -0.466 e. The molecule has 74 valence electrons. The Balaban J connectivity index is 1.95. The zero-order valence-corrected chi connectivity index (χ0v) is 8.08. The lowest BCUT2D eigenvalue weighted by Crippen LogP contribution is -2.42. The van der Waals surface area contributed by atoms with E-state index in [0.29, 0.717) is 18.6 Å². The largest absolute Gasteiger partial charge is 0.466 e. The molecule has 0 aromatic heterocycles. The second kappa shape index (κ2) is 3.66. The molecule has 2 bridgehead atoms. The third kappa shape index (κ3) is 1.70. The van der Waals surface area contributed by atoms with Crippen LogP contribution in [0.15, 0.2) is 0 Å². The normalized spacial score (nSPS) is 37.5. The summed E-state index contributed by atoms with van der Waals surface area (Å²) in [6.07, 6.45) is 3.60. The maximum absolute atomic E-state index is 11.5. The Morgan fingerprint density at radius 1 is 1.54 bits per heavy atom. The van der Waals surface area contributed by atoms with Gasteiger partial charge in [-0.05, 0) is 32.1 Å². The molecule has 1 aliphatic carbocycles. The van der Waals surface area contributed by atoms with E-state index in [-0.39, 0.29) is 11.9 Å². The molecule has 2 aliphatic rings. The zero-order valence-electron chi connectivity index (χ0n) is 8.08. The van der Waals surface area contributed by atoms with Gasteiger partial charge in [-0.15, -0.1) is 0 Å². The van der Waals surface area contributed by atoms with Crippen LogP contribution in [0.1, 0.15) is 26.2 Å². The van der Waals surface area contributed by atoms with Gasteiger partial charge in [-0.2, -0.15) is 0 Å². The summed E-state index contributed by atoms with van der Waals surface area (Å²) >= 11 is 0. The van der Waals surface area contributed by atoms with Gasteiger partial charge < -0.3 is 10.1 Å². The van der Waals surface area contributed by atoms with Crippen molar-refractivity contribution < 1.29 is 9.53 Å². The van der Waals surface area contributed by atoms with E-state index in [1.807, 2.05) is 6.92 Å². The van der Waals surface area contributed by atoms with Gasteiger partial charge in [-0.3, -0.25) is 4.79 Å². The van der Waals surface area contributed by atoms with Gasteiger partial charge in [0.1, 0.15) is 0 Å². The highest BCUT2D eigenvalue weighted by Crippen LogP contribution is 2.35. The molecule has 1 saturated heterocycles. The predicted octanol–water partition coefficient (Wildman–Crippen LogP) is 0.938. The molecule has 3 nitrogen and oxygen atoms in total. The number of hydrogen-bond donors (Lipinski definition) is 1. The second-order valence-electron chi connectivity index (χ2n) is 4.04. The van der Waals surface area contributed by atoms with Gasteiger partial charge in [-0.1, -0.05) is 0 Å². The Hall–Kier alpha value is -0.570. The summed E-state index contributed by atoms with van der Waals surface area (Å²) in [6.45, 7) is 3.20. The fraction of sp³-hybridized carbons (Fsp3) is 0.900. The van der Waals surface area contributed by atoms with Crippen LogP contribution in [-0.2, 0) is 9.53 Å². The van der Waals surface area contributed by atoms with Gasteiger partial charge in [0, 0.05) is 12.6 Å². The Kier molecular flexibility index (Phi) is 2.54. The molecule has 0 amide bonds. The molecule has 1 N–H and O–H groups in total. The van der Waals surface area contributed by atoms with Gasteiger partial charge in [0.25, 0.3) is 0 Å². The van der Waals surface area contributed by atoms with Crippen LogP contribution < -0.4 is 5.32 Å². The molecule has 0 aromatic rings. The molecule has 1 aliphatic heterocycles. The summed E-state index contributed by atoms with van der Waals surface area (Å²) in [5, 5.41) is 3.40. The Morgan fingerprint density at radius 3 is 3.15 bits per heavy atom. The fourth-order valence-electron chi connectivity index (χ4n) is 2.55. The highest BCUT2D eigenvalue weighted by Gasteiger charge is 2.39. The first-order valence-electron chi connectivity index (χ1n) is 5.21. The number of hydrogen-bond acceptors (Lipinski definition) is 3. The van der Waals surface area contributed by atoms with Crippen molar-refractivity contribution in [1.29, 1.82) is 0 Å². The molecule has 2 rings (SSSR count). The Labute approximate surface area is 78.8 Å². The molecule has 13 heavy (non-hydrogen) atoms. The van der Waals surface area contributed by atoms with E-state index >= 15 is 0 Å². The van der Waals surface area contributed by atoms with Crippen LogP contribution in [0.2, 0.25) is 0 Å². The van der Waals surface area contributed by atoms with Gasteiger partial charge in [0.2, 0.25) is 0 Å². The van der Waals surface area contributed by atoms with Gasteiger partial charge in [0.05, 0.1) is 12.5 Å². The molecule has 1 heterocycles. The summed E-state index contributed by atoms with van der Waals surface area (Å²) in [7, 11) is 0. The number of rotatable bonds is 2. The zero-order chi connectivity index (χ0) is 9.26. The van der Waals surface area contributed by atoms with E-state index in [9.17, 15) is 4.79 Å². The number of fused-ring (bicyclic) bond motifs is 2. The van der Waals surface area contributed by atoms with Crippen molar-refractivity contribution in [2.45, 2.75) is 32.2 Å². The van der Waals surface area contributed by atoms with E-state index in [0.717, 1.165) is 6.54 Å². The first kappa shape index (κ1) is 9.00. The summed E-state index contributed by atoms with van der Waals surface area (Å²) < 4.78 is 5.05. The van der Waals surface area contributed by atoms with E-state index in [1.165, 1.54) is 19.3 Å². The lowest BCUT2D eigenvalue weighted by atomic mass is 9.88. The number of nitrogens with one attached hydrogen (secondary N) is 1. The standard InChI is InChI=1S/C10H17NO2/c1-2-13-10(12)9-6-11-8-4-3-7(9)5-8/h7-9,11H,2-6H2,1H3/t7-,8+,9+/m0/s1. The van der Waals surface area contributed by atoms with E-state index < -0.39 is 0 Å². The molecule has 0 aromatic carbocycles. The first-order chi connectivity index (χ1) is 6.31. The van der Waals surface area contributed by atoms with Crippen molar-refractivity contribution in [3.63, 3.8) is 0 Å². The number of ether oxygens (including phenoxy) is 1. The highest BCUT2D eigenvalue weighted by atomic mass is 16.5. The second-order valence-corrected chi connectivity index (χ2v) is 4.04. The Bertz CT molecular complexity index is 205. The van der Waals surface area contributed by atoms with Crippen molar-refractivity contribution in [2.75, 3.05) is 13.2 Å². The quantitative estimate of drug-likeness (QED) is 0.647. The summed E-state index contributed by atoms with van der Waals surface area (Å²) in [5.74, 6) is 0.712. The third-order valence-electron chi connectivity index (χ3n) is 3.26. The predicted molar refractivity (Wildman–Crippen MR) is 49.3 cm³/mol. The van der Waals surface area contributed by atoms with Gasteiger partial charge in [0.15, 0.2) is 0 Å². The number of piperidine rings is 1. The molecular weight excluding hydrogens is 166 g/mol. The average Bonchev–Trinajstić information content (AvgIpc) is 2.48. The van der Waals surface area contributed by atoms with E-state index in [4.69, 9.17) is 4.74 Å². The topological polar surface area (TPSA) is 38.3 Å². The molecule has 0 radical (unpaired) electrons. The SMILES string of the molecule is CCOC(=O)[C@@H]1CN[C@@H]2CC[C@H]1C2. The number of esters is 1. The highest BCUT2D eigenvalue weighted by molar-refractivity contribution is 5.73. The summed E-state index contributed by atoms with van der Waals surface area (Å²) in [6, 6.07) is 0.677. The maximum atomic E-state index is 11.5. The molecule has 3 atom stereocenters. The third-order valence-corrected chi connectivity index (χ3v) is 3.26. The Morgan fingerprint density at radius 2 is 2.38 bits per heavy atom. The first-order valence-corrected chi connectivity index (χ1v) is 5.21. The van der Waals surface area contributed by atoms with Crippen LogP contribution in [0.4, 0.5) is 0 Å². The van der Waals surface area contributed by atoms with Crippen LogP contribution in [0.5, 0.6) is 0 Å². The molecule has 1 saturated carbocycles. The molecule has 2 fully saturated rings. The van der Waals surface area contributed by atoms with Gasteiger partial charge in [-0.25, -0.2) is 0 Å². The van der Waals surface area contributed by atoms with Crippen molar-refractivity contribution in [3.05, 3.63) is 0 Å². The minimum atomic E-state index is 0.000324. The smallest absolute Gasteiger partial charge is 0.310 e. The summed E-state index contributed by atoms with van der Waals surface area (Å²) in [4.78, 5) is 11.5. The van der Waals surface area contributed by atoms with Crippen molar-refractivity contribution >= 4 is 5.97 Å². The van der Waals surface area contributed by atoms with Gasteiger partial charge >= 0.3 is 5.97 Å². The number of carbonyl (C=O) groups is 1.